The summed E-state index contributed by atoms with van der Waals surface area (Å²) in [5.74, 6) is -0.382. The summed E-state index contributed by atoms with van der Waals surface area (Å²) in [6.45, 7) is 1.92. The Morgan fingerprint density at radius 1 is 1.00 bits per heavy atom. The second-order valence-corrected chi connectivity index (χ2v) is 8.28. The van der Waals surface area contributed by atoms with Gasteiger partial charge >= 0.3 is 6.18 Å². The summed E-state index contributed by atoms with van der Waals surface area (Å²) in [6.07, 6.45) is -4.50. The van der Waals surface area contributed by atoms with Gasteiger partial charge in [0.2, 0.25) is 0 Å². The van der Waals surface area contributed by atoms with E-state index in [1.807, 2.05) is 4.90 Å². The van der Waals surface area contributed by atoms with Crippen LogP contribution in [-0.4, -0.2) is 46.9 Å². The van der Waals surface area contributed by atoms with Crippen molar-refractivity contribution in [2.75, 3.05) is 47.2 Å². The lowest BCUT2D eigenvalue weighted by molar-refractivity contribution is -0.137. The minimum atomic E-state index is -4.50. The largest absolute Gasteiger partial charge is 0.416 e. The first-order valence-electron chi connectivity index (χ1n) is 10.1. The molecule has 3 aromatic rings. The van der Waals surface area contributed by atoms with E-state index in [2.05, 4.69) is 25.5 Å². The monoisotopic (exact) mass is 508 g/mol. The molecular weight excluding hydrogens is 489 g/mol. The van der Waals surface area contributed by atoms with Gasteiger partial charge in [0.05, 0.1) is 18.8 Å². The number of hydrogen-bond donors (Lipinski definition) is 3. The number of amides is 1. The molecule has 0 saturated carbocycles. The molecule has 1 aliphatic rings. The molecule has 178 valence electrons. The number of thiocarbonyl (C=S) groups is 1. The number of carbonyl (C=O) groups excluding carboxylic acids is 1. The topological polar surface area (TPSA) is 91.4 Å². The van der Waals surface area contributed by atoms with Gasteiger partial charge < -0.3 is 25.6 Å². The zero-order chi connectivity index (χ0) is 24.1. The average Bonchev–Trinajstić information content (AvgIpc) is 3.35. The molecule has 34 heavy (non-hydrogen) atoms. The van der Waals surface area contributed by atoms with Crippen LogP contribution < -0.4 is 20.9 Å². The van der Waals surface area contributed by atoms with Crippen LogP contribution in [0.4, 0.5) is 35.9 Å². The molecule has 0 atom stereocenters. The molecule has 3 N–H and O–H groups in total. The number of aromatic nitrogens is 2. The van der Waals surface area contributed by atoms with Crippen molar-refractivity contribution in [2.45, 2.75) is 6.18 Å². The smallest absolute Gasteiger partial charge is 0.378 e. The minimum absolute atomic E-state index is 0.123. The van der Waals surface area contributed by atoms with Crippen molar-refractivity contribution in [1.29, 1.82) is 0 Å². The molecule has 1 saturated heterocycles. The van der Waals surface area contributed by atoms with E-state index in [1.165, 1.54) is 5.38 Å². The molecule has 13 heteroatoms. The second-order valence-electron chi connectivity index (χ2n) is 7.27. The van der Waals surface area contributed by atoms with Gasteiger partial charge in [-0.05, 0) is 66.2 Å². The van der Waals surface area contributed by atoms with Gasteiger partial charge in [-0.25, -0.2) is 0 Å². The summed E-state index contributed by atoms with van der Waals surface area (Å²) in [6, 6.07) is 10.4. The second kappa shape index (κ2) is 10.3. The summed E-state index contributed by atoms with van der Waals surface area (Å²) >= 11 is 6.37. The van der Waals surface area contributed by atoms with Gasteiger partial charge in [0.1, 0.15) is 0 Å². The quantitative estimate of drug-likeness (QED) is 0.436. The molecule has 1 fully saturated rings. The van der Waals surface area contributed by atoms with E-state index in [9.17, 15) is 18.0 Å². The lowest BCUT2D eigenvalue weighted by Crippen LogP contribution is -2.36. The minimum Gasteiger partial charge on any atom is -0.378 e. The fraction of sp³-hybridized carbons (Fsp3) is 0.238. The molecular formula is C21H19F3N6O2S2. The van der Waals surface area contributed by atoms with E-state index >= 15 is 0 Å². The maximum Gasteiger partial charge on any atom is 0.416 e. The predicted molar refractivity (Wildman–Crippen MR) is 129 cm³/mol. The predicted octanol–water partition coefficient (Wildman–Crippen LogP) is 4.45. The molecule has 2 aromatic carbocycles. The number of alkyl halides is 3. The van der Waals surface area contributed by atoms with Crippen LogP contribution in [0.3, 0.4) is 0 Å². The molecule has 0 radical (unpaired) electrons. The fourth-order valence-corrected chi connectivity index (χ4v) is 3.91. The molecule has 1 amide bonds. The highest BCUT2D eigenvalue weighted by molar-refractivity contribution is 7.80. The van der Waals surface area contributed by atoms with E-state index in [0.29, 0.717) is 43.4 Å². The maximum atomic E-state index is 13.5. The zero-order valence-corrected chi connectivity index (χ0v) is 19.2. The van der Waals surface area contributed by atoms with E-state index in [1.54, 1.807) is 30.3 Å². The first kappa shape index (κ1) is 23.9. The Hall–Kier alpha value is -3.29. The third kappa shape index (κ3) is 6.18. The number of benzene rings is 2. The van der Waals surface area contributed by atoms with Crippen LogP contribution in [0, 0.1) is 0 Å². The molecule has 0 unspecified atom stereocenters. The highest BCUT2D eigenvalue weighted by atomic mass is 32.1. The van der Waals surface area contributed by atoms with E-state index < -0.39 is 11.7 Å². The van der Waals surface area contributed by atoms with Crippen LogP contribution in [0.15, 0.2) is 47.8 Å². The molecule has 1 aliphatic heterocycles. The van der Waals surface area contributed by atoms with E-state index in [-0.39, 0.29) is 22.4 Å². The SMILES string of the molecule is O=C(Nc1ccc(NC(=S)Nc2cc(N3CCOCC3)cc(C(F)(F)F)c2)cc1)c1csnn1. The van der Waals surface area contributed by atoms with E-state index in [0.717, 1.165) is 23.7 Å². The standard InChI is InChI=1S/C21H19F3N6O2S2/c22-21(23,24)13-9-16(11-17(10-13)30-5-7-32-8-6-30)27-20(33)26-15-3-1-14(2-4-15)25-19(31)18-12-34-29-28-18/h1-4,9-12H,5-8H2,(H,25,31)(H2,26,27,33). The van der Waals surface area contributed by atoms with Gasteiger partial charge in [0.25, 0.3) is 5.91 Å². The van der Waals surface area contributed by atoms with Crippen LogP contribution >= 0.6 is 23.8 Å². The van der Waals surface area contributed by atoms with Gasteiger partial charge in [-0.3, -0.25) is 4.79 Å². The molecule has 1 aromatic heterocycles. The van der Waals surface area contributed by atoms with Crippen molar-refractivity contribution >= 4 is 57.5 Å². The van der Waals surface area contributed by atoms with Crippen LogP contribution in [0.25, 0.3) is 0 Å². The number of hydrogen-bond acceptors (Lipinski definition) is 7. The van der Waals surface area contributed by atoms with Crippen molar-refractivity contribution < 1.29 is 22.7 Å². The Balaban J connectivity index is 1.42. The van der Waals surface area contributed by atoms with Crippen LogP contribution in [0.2, 0.25) is 0 Å². The number of rotatable bonds is 5. The number of nitrogens with one attached hydrogen (secondary N) is 3. The number of nitrogens with zero attached hydrogens (tertiary/aromatic N) is 3. The zero-order valence-electron chi connectivity index (χ0n) is 17.6. The van der Waals surface area contributed by atoms with Gasteiger partial charge in [-0.1, -0.05) is 4.49 Å². The summed E-state index contributed by atoms with van der Waals surface area (Å²) in [7, 11) is 0. The highest BCUT2D eigenvalue weighted by Crippen LogP contribution is 2.35. The Morgan fingerprint density at radius 2 is 1.65 bits per heavy atom. The summed E-state index contributed by atoms with van der Waals surface area (Å²) in [4.78, 5) is 13.9. The maximum absolute atomic E-state index is 13.5. The number of anilines is 4. The number of halogens is 3. The van der Waals surface area contributed by atoms with Crippen molar-refractivity contribution in [3.63, 3.8) is 0 Å². The summed E-state index contributed by atoms with van der Waals surface area (Å²) in [5, 5.41) is 13.8. The third-order valence-electron chi connectivity index (χ3n) is 4.87. The Morgan fingerprint density at radius 3 is 2.26 bits per heavy atom. The Bertz CT molecular complexity index is 1150. The van der Waals surface area contributed by atoms with Crippen LogP contribution in [0.1, 0.15) is 16.1 Å². The molecule has 2 heterocycles. The van der Waals surface area contributed by atoms with Crippen LogP contribution in [-0.2, 0) is 10.9 Å². The molecule has 8 nitrogen and oxygen atoms in total. The summed E-state index contributed by atoms with van der Waals surface area (Å²) in [5.41, 5.74) is 1.24. The fourth-order valence-electron chi connectivity index (χ4n) is 3.24. The normalized spacial score (nSPS) is 13.9. The van der Waals surface area contributed by atoms with Crippen LogP contribution in [0.5, 0.6) is 0 Å². The Kier molecular flexibility index (Phi) is 7.24. The van der Waals surface area contributed by atoms with Gasteiger partial charge in [-0.2, -0.15) is 13.2 Å². The molecule has 0 spiro atoms. The van der Waals surface area contributed by atoms with Crippen molar-refractivity contribution in [1.82, 2.24) is 9.59 Å². The number of morpholine rings is 1. The average molecular weight is 509 g/mol. The van der Waals surface area contributed by atoms with Crippen molar-refractivity contribution in [3.8, 4) is 0 Å². The third-order valence-corrected chi connectivity index (χ3v) is 5.58. The first-order valence-corrected chi connectivity index (χ1v) is 11.3. The summed E-state index contributed by atoms with van der Waals surface area (Å²) < 4.78 is 49.3. The van der Waals surface area contributed by atoms with Gasteiger partial charge in [0.15, 0.2) is 10.8 Å². The number of carbonyl (C=O) groups is 1. The van der Waals surface area contributed by atoms with Crippen molar-refractivity contribution in [3.05, 3.63) is 59.1 Å². The molecule has 0 bridgehead atoms. The van der Waals surface area contributed by atoms with E-state index in [4.69, 9.17) is 17.0 Å². The van der Waals surface area contributed by atoms with Gasteiger partial charge in [0, 0.05) is 41.2 Å². The first-order chi connectivity index (χ1) is 16.3. The highest BCUT2D eigenvalue weighted by Gasteiger charge is 2.32. The molecule has 0 aliphatic carbocycles. The van der Waals surface area contributed by atoms with Crippen molar-refractivity contribution in [2.24, 2.45) is 0 Å². The lowest BCUT2D eigenvalue weighted by Gasteiger charge is -2.30. The molecule has 4 rings (SSSR count). The number of ether oxygens (including phenoxy) is 1. The lowest BCUT2D eigenvalue weighted by atomic mass is 10.1. The van der Waals surface area contributed by atoms with Gasteiger partial charge in [-0.15, -0.1) is 5.10 Å². The Labute approximate surface area is 202 Å².